The number of ether oxygens (including phenoxy) is 1. The van der Waals surface area contributed by atoms with Crippen molar-refractivity contribution in [2.75, 3.05) is 20.3 Å². The third kappa shape index (κ3) is 2.49. The molecule has 1 unspecified atom stereocenters. The first-order valence-corrected chi connectivity index (χ1v) is 7.31. The number of hydrogen-bond acceptors (Lipinski definition) is 3. The number of nitrogens with one attached hydrogen (secondary N) is 1. The van der Waals surface area contributed by atoms with Gasteiger partial charge in [-0.1, -0.05) is 6.07 Å². The zero-order valence-corrected chi connectivity index (χ0v) is 11.6. The van der Waals surface area contributed by atoms with Crippen LogP contribution in [0.25, 0.3) is 0 Å². The average Bonchev–Trinajstić information content (AvgIpc) is 3.28. The molecule has 2 aliphatic rings. The van der Waals surface area contributed by atoms with Crippen LogP contribution in [0.3, 0.4) is 0 Å². The Morgan fingerprint density at radius 1 is 1.42 bits per heavy atom. The zero-order valence-electron chi connectivity index (χ0n) is 11.6. The maximum atomic E-state index is 9.98. The van der Waals surface area contributed by atoms with E-state index in [1.807, 2.05) is 6.07 Å². The van der Waals surface area contributed by atoms with Gasteiger partial charge >= 0.3 is 0 Å². The molecular weight excluding hydrogens is 238 g/mol. The molecule has 1 saturated carbocycles. The van der Waals surface area contributed by atoms with Crippen LogP contribution in [-0.4, -0.2) is 25.4 Å². The minimum absolute atomic E-state index is 0.167. The molecule has 2 aliphatic carbocycles. The van der Waals surface area contributed by atoms with Crippen molar-refractivity contribution in [1.82, 2.24) is 5.32 Å². The van der Waals surface area contributed by atoms with Gasteiger partial charge in [0.15, 0.2) is 0 Å². The third-order valence-corrected chi connectivity index (χ3v) is 4.58. The number of benzene rings is 1. The van der Waals surface area contributed by atoms with E-state index in [4.69, 9.17) is 4.74 Å². The topological polar surface area (TPSA) is 41.5 Å². The first kappa shape index (κ1) is 12.9. The Morgan fingerprint density at radius 3 is 2.95 bits per heavy atom. The molecule has 1 fully saturated rings. The van der Waals surface area contributed by atoms with Gasteiger partial charge in [0.25, 0.3) is 0 Å². The standard InChI is InChI=1S/C16H23NO2/c1-19-14-7-6-13-3-2-8-16(11-18,15(13)9-14)17-10-12-4-5-12/h6-7,9,12,17-18H,2-5,8,10-11H2,1H3. The summed E-state index contributed by atoms with van der Waals surface area (Å²) >= 11 is 0. The van der Waals surface area contributed by atoms with Crippen molar-refractivity contribution in [2.45, 2.75) is 37.6 Å². The first-order chi connectivity index (χ1) is 9.27. The largest absolute Gasteiger partial charge is 0.497 e. The number of aliphatic hydroxyl groups excluding tert-OH is 1. The van der Waals surface area contributed by atoms with Crippen molar-refractivity contribution in [2.24, 2.45) is 5.92 Å². The fourth-order valence-corrected chi connectivity index (χ4v) is 3.13. The fourth-order valence-electron chi connectivity index (χ4n) is 3.13. The highest BCUT2D eigenvalue weighted by atomic mass is 16.5. The van der Waals surface area contributed by atoms with E-state index in [0.717, 1.165) is 37.5 Å². The summed E-state index contributed by atoms with van der Waals surface area (Å²) < 4.78 is 5.35. The molecule has 1 atom stereocenters. The number of aryl methyl sites for hydroxylation is 1. The van der Waals surface area contributed by atoms with Crippen LogP contribution >= 0.6 is 0 Å². The maximum absolute atomic E-state index is 9.98. The van der Waals surface area contributed by atoms with E-state index < -0.39 is 0 Å². The second-order valence-corrected chi connectivity index (χ2v) is 5.94. The van der Waals surface area contributed by atoms with Crippen LogP contribution in [0.2, 0.25) is 0 Å². The predicted octanol–water partition coefficient (Wildman–Crippen LogP) is 2.22. The van der Waals surface area contributed by atoms with E-state index >= 15 is 0 Å². The Morgan fingerprint density at radius 2 is 2.26 bits per heavy atom. The van der Waals surface area contributed by atoms with Crippen molar-refractivity contribution in [3.63, 3.8) is 0 Å². The van der Waals surface area contributed by atoms with Crippen LogP contribution in [0.1, 0.15) is 36.8 Å². The zero-order chi connectivity index (χ0) is 13.3. The highest BCUT2D eigenvalue weighted by molar-refractivity contribution is 5.42. The Hall–Kier alpha value is -1.06. The van der Waals surface area contributed by atoms with Crippen LogP contribution in [0.5, 0.6) is 5.75 Å². The molecule has 0 saturated heterocycles. The van der Waals surface area contributed by atoms with E-state index in [0.29, 0.717) is 0 Å². The van der Waals surface area contributed by atoms with Crippen molar-refractivity contribution >= 4 is 0 Å². The van der Waals surface area contributed by atoms with E-state index in [9.17, 15) is 5.11 Å². The van der Waals surface area contributed by atoms with Gasteiger partial charge in [-0.05, 0) is 67.8 Å². The van der Waals surface area contributed by atoms with Gasteiger partial charge in [0.1, 0.15) is 5.75 Å². The van der Waals surface area contributed by atoms with Gasteiger partial charge in [0.05, 0.1) is 19.3 Å². The lowest BCUT2D eigenvalue weighted by Gasteiger charge is -2.39. The lowest BCUT2D eigenvalue weighted by atomic mass is 9.76. The summed E-state index contributed by atoms with van der Waals surface area (Å²) in [5, 5.41) is 13.6. The summed E-state index contributed by atoms with van der Waals surface area (Å²) in [6.45, 7) is 1.19. The van der Waals surface area contributed by atoms with Crippen LogP contribution in [0, 0.1) is 5.92 Å². The molecule has 19 heavy (non-hydrogen) atoms. The van der Waals surface area contributed by atoms with Gasteiger partial charge in [0, 0.05) is 0 Å². The average molecular weight is 261 g/mol. The molecule has 3 nitrogen and oxygen atoms in total. The molecule has 2 N–H and O–H groups in total. The molecule has 0 bridgehead atoms. The van der Waals surface area contributed by atoms with Crippen LogP contribution < -0.4 is 10.1 Å². The molecule has 0 radical (unpaired) electrons. The SMILES string of the molecule is COc1ccc2c(c1)C(CO)(NCC1CC1)CCC2. The summed E-state index contributed by atoms with van der Waals surface area (Å²) in [6, 6.07) is 6.27. The normalized spacial score (nSPS) is 26.0. The molecule has 1 aromatic rings. The Kier molecular flexibility index (Phi) is 3.50. The fraction of sp³-hybridized carbons (Fsp3) is 0.625. The van der Waals surface area contributed by atoms with Gasteiger partial charge in [-0.15, -0.1) is 0 Å². The second kappa shape index (κ2) is 5.14. The highest BCUT2D eigenvalue weighted by Crippen LogP contribution is 2.38. The van der Waals surface area contributed by atoms with E-state index in [2.05, 4.69) is 17.4 Å². The summed E-state index contributed by atoms with van der Waals surface area (Å²) in [6.07, 6.45) is 5.92. The first-order valence-electron chi connectivity index (χ1n) is 7.31. The third-order valence-electron chi connectivity index (χ3n) is 4.58. The lowest BCUT2D eigenvalue weighted by Crippen LogP contribution is -2.48. The summed E-state index contributed by atoms with van der Waals surface area (Å²) in [5.41, 5.74) is 2.33. The molecule has 104 valence electrons. The number of aliphatic hydroxyl groups is 1. The van der Waals surface area contributed by atoms with Crippen molar-refractivity contribution in [3.8, 4) is 5.75 Å². The summed E-state index contributed by atoms with van der Waals surface area (Å²) in [4.78, 5) is 0. The molecule has 3 heteroatoms. The van der Waals surface area contributed by atoms with Crippen LogP contribution in [-0.2, 0) is 12.0 Å². The quantitative estimate of drug-likeness (QED) is 0.854. The van der Waals surface area contributed by atoms with E-state index in [1.54, 1.807) is 7.11 Å². The molecule has 0 aliphatic heterocycles. The van der Waals surface area contributed by atoms with Crippen molar-refractivity contribution in [3.05, 3.63) is 29.3 Å². The lowest BCUT2D eigenvalue weighted by molar-refractivity contribution is 0.140. The van der Waals surface area contributed by atoms with Crippen molar-refractivity contribution < 1.29 is 9.84 Å². The Labute approximate surface area is 115 Å². The highest BCUT2D eigenvalue weighted by Gasteiger charge is 2.37. The minimum Gasteiger partial charge on any atom is -0.497 e. The van der Waals surface area contributed by atoms with E-state index in [-0.39, 0.29) is 12.1 Å². The van der Waals surface area contributed by atoms with Gasteiger partial charge in [-0.3, -0.25) is 0 Å². The number of hydrogen-bond donors (Lipinski definition) is 2. The summed E-state index contributed by atoms with van der Waals surface area (Å²) in [7, 11) is 1.70. The Bertz CT molecular complexity index is 456. The maximum Gasteiger partial charge on any atom is 0.119 e. The molecule has 0 aromatic heterocycles. The number of rotatable bonds is 5. The van der Waals surface area contributed by atoms with Gasteiger partial charge in [0.2, 0.25) is 0 Å². The van der Waals surface area contributed by atoms with Crippen molar-refractivity contribution in [1.29, 1.82) is 0 Å². The molecule has 0 heterocycles. The predicted molar refractivity (Wildman–Crippen MR) is 75.4 cm³/mol. The molecular formula is C16H23NO2. The van der Waals surface area contributed by atoms with Gasteiger partial charge < -0.3 is 15.2 Å². The van der Waals surface area contributed by atoms with Gasteiger partial charge in [-0.25, -0.2) is 0 Å². The minimum atomic E-state index is -0.259. The summed E-state index contributed by atoms with van der Waals surface area (Å²) in [5.74, 6) is 1.70. The molecule has 0 amide bonds. The number of fused-ring (bicyclic) bond motifs is 1. The van der Waals surface area contributed by atoms with Crippen LogP contribution in [0.15, 0.2) is 18.2 Å². The van der Waals surface area contributed by atoms with E-state index in [1.165, 1.54) is 24.0 Å². The molecule has 1 aromatic carbocycles. The number of methoxy groups -OCH3 is 1. The van der Waals surface area contributed by atoms with Gasteiger partial charge in [-0.2, -0.15) is 0 Å². The smallest absolute Gasteiger partial charge is 0.119 e. The molecule has 3 rings (SSSR count). The monoisotopic (exact) mass is 261 g/mol. The second-order valence-electron chi connectivity index (χ2n) is 5.94. The molecule has 0 spiro atoms. The Balaban J connectivity index is 1.91. The van der Waals surface area contributed by atoms with Crippen LogP contribution in [0.4, 0.5) is 0 Å².